The minimum absolute atomic E-state index is 0.157. The van der Waals surface area contributed by atoms with E-state index in [0.29, 0.717) is 17.1 Å². The molecule has 1 aromatic carbocycles. The van der Waals surface area contributed by atoms with Crippen molar-refractivity contribution >= 4 is 28.9 Å². The normalized spacial score (nSPS) is 9.94. The predicted octanol–water partition coefficient (Wildman–Crippen LogP) is 3.74. The summed E-state index contributed by atoms with van der Waals surface area (Å²) < 4.78 is 0. The second-order valence-electron chi connectivity index (χ2n) is 3.66. The van der Waals surface area contributed by atoms with E-state index in [9.17, 15) is 4.79 Å². The molecule has 4 heteroatoms. The molecule has 0 spiro atoms. The number of carbonyl (C=O) groups excluding carboxylic acids is 1. The van der Waals surface area contributed by atoms with E-state index in [0.717, 1.165) is 10.4 Å². The van der Waals surface area contributed by atoms with Crippen LogP contribution < -0.4 is 0 Å². The predicted molar refractivity (Wildman–Crippen MR) is 76.0 cm³/mol. The molecule has 1 heterocycles. The third-order valence-corrected chi connectivity index (χ3v) is 4.32. The van der Waals surface area contributed by atoms with Gasteiger partial charge < -0.3 is 0 Å². The zero-order valence-electron chi connectivity index (χ0n) is 9.63. The molecule has 0 amide bonds. The summed E-state index contributed by atoms with van der Waals surface area (Å²) in [4.78, 5) is 12.6. The summed E-state index contributed by atoms with van der Waals surface area (Å²) in [6, 6.07) is 13.4. The molecule has 0 unspecified atom stereocenters. The third kappa shape index (κ3) is 3.22. The Kier molecular flexibility index (Phi) is 4.57. The highest BCUT2D eigenvalue weighted by Crippen LogP contribution is 2.18. The van der Waals surface area contributed by atoms with E-state index < -0.39 is 0 Å². The second-order valence-corrected chi connectivity index (χ2v) is 5.60. The number of carbonyl (C=O) groups is 1. The second kappa shape index (κ2) is 6.39. The topological polar surface area (TPSA) is 40.9 Å². The lowest BCUT2D eigenvalue weighted by Gasteiger charge is -2.02. The van der Waals surface area contributed by atoms with E-state index >= 15 is 0 Å². The fourth-order valence-corrected chi connectivity index (χ4v) is 3.19. The van der Waals surface area contributed by atoms with Crippen molar-refractivity contribution in [3.05, 3.63) is 57.8 Å². The van der Waals surface area contributed by atoms with Crippen molar-refractivity contribution in [2.45, 2.75) is 5.75 Å². The van der Waals surface area contributed by atoms with Crippen LogP contribution in [0.4, 0.5) is 0 Å². The van der Waals surface area contributed by atoms with Crippen LogP contribution in [0.2, 0.25) is 0 Å². The summed E-state index contributed by atoms with van der Waals surface area (Å²) in [5.74, 6) is 1.31. The fraction of sp³-hybridized carbons (Fsp3) is 0.143. The lowest BCUT2D eigenvalue weighted by atomic mass is 10.1. The first-order valence-electron chi connectivity index (χ1n) is 5.43. The maximum Gasteiger partial charge on any atom is 0.182 e. The Labute approximate surface area is 114 Å². The van der Waals surface area contributed by atoms with Crippen LogP contribution in [0.3, 0.4) is 0 Å². The average Bonchev–Trinajstić information content (AvgIpc) is 2.93. The number of benzene rings is 1. The zero-order chi connectivity index (χ0) is 12.8. The number of nitrogens with zero attached hydrogens (tertiary/aromatic N) is 1. The number of ketones is 1. The molecule has 2 aromatic rings. The molecule has 2 nitrogen and oxygen atoms in total. The monoisotopic (exact) mass is 273 g/mol. The summed E-state index contributed by atoms with van der Waals surface area (Å²) in [7, 11) is 0. The Morgan fingerprint density at radius 3 is 2.83 bits per heavy atom. The molecule has 0 radical (unpaired) electrons. The van der Waals surface area contributed by atoms with Crippen LogP contribution in [0.15, 0.2) is 41.8 Å². The van der Waals surface area contributed by atoms with Crippen molar-refractivity contribution in [3.8, 4) is 6.07 Å². The van der Waals surface area contributed by atoms with E-state index in [2.05, 4.69) is 6.07 Å². The van der Waals surface area contributed by atoms with Crippen LogP contribution >= 0.6 is 23.1 Å². The van der Waals surface area contributed by atoms with Crippen LogP contribution in [-0.2, 0) is 5.75 Å². The molecule has 18 heavy (non-hydrogen) atoms. The quantitative estimate of drug-likeness (QED) is 0.779. The van der Waals surface area contributed by atoms with Crippen molar-refractivity contribution in [3.63, 3.8) is 0 Å². The summed E-state index contributed by atoms with van der Waals surface area (Å²) in [5, 5.41) is 10.9. The van der Waals surface area contributed by atoms with Crippen LogP contribution in [0.1, 0.15) is 20.8 Å². The summed E-state index contributed by atoms with van der Waals surface area (Å²) in [5.41, 5.74) is 1.68. The van der Waals surface area contributed by atoms with Gasteiger partial charge in [-0.3, -0.25) is 4.79 Å². The van der Waals surface area contributed by atoms with E-state index in [1.165, 1.54) is 11.3 Å². The minimum Gasteiger partial charge on any atom is -0.292 e. The van der Waals surface area contributed by atoms with Crippen LogP contribution in [0.25, 0.3) is 0 Å². The van der Waals surface area contributed by atoms with Gasteiger partial charge in [-0.05, 0) is 23.1 Å². The van der Waals surface area contributed by atoms with Gasteiger partial charge in [0.1, 0.15) is 0 Å². The van der Waals surface area contributed by atoms with E-state index in [1.807, 2.05) is 35.7 Å². The first-order valence-corrected chi connectivity index (χ1v) is 7.47. The SMILES string of the molecule is N#Cc1ccccc1CSCC(=O)c1cccs1. The Balaban J connectivity index is 1.89. The number of thioether (sulfide) groups is 1. The summed E-state index contributed by atoms with van der Waals surface area (Å²) >= 11 is 3.02. The first-order chi connectivity index (χ1) is 8.81. The molecule has 1 aromatic heterocycles. The molecule has 0 saturated carbocycles. The lowest BCUT2D eigenvalue weighted by Crippen LogP contribution is -2.00. The number of Topliss-reactive ketones (excluding diaryl/α,β-unsaturated/α-hetero) is 1. The molecule has 0 aliphatic heterocycles. The number of hydrogen-bond acceptors (Lipinski definition) is 4. The minimum atomic E-state index is 0.157. The largest absolute Gasteiger partial charge is 0.292 e. The van der Waals surface area contributed by atoms with Gasteiger partial charge in [0.2, 0.25) is 0 Å². The van der Waals surface area contributed by atoms with Gasteiger partial charge in [-0.1, -0.05) is 24.3 Å². The van der Waals surface area contributed by atoms with Crippen molar-refractivity contribution in [2.24, 2.45) is 0 Å². The van der Waals surface area contributed by atoms with Gasteiger partial charge in [0.05, 0.1) is 22.3 Å². The fourth-order valence-electron chi connectivity index (χ4n) is 1.52. The van der Waals surface area contributed by atoms with Gasteiger partial charge in [-0.25, -0.2) is 0 Å². The number of rotatable bonds is 5. The number of thiophene rings is 1. The van der Waals surface area contributed by atoms with Gasteiger partial charge in [-0.15, -0.1) is 23.1 Å². The maximum absolute atomic E-state index is 11.8. The first kappa shape index (κ1) is 12.9. The Morgan fingerprint density at radius 1 is 1.28 bits per heavy atom. The molecule has 0 aliphatic carbocycles. The Morgan fingerprint density at radius 2 is 2.11 bits per heavy atom. The highest BCUT2D eigenvalue weighted by molar-refractivity contribution is 7.99. The van der Waals surface area contributed by atoms with Crippen molar-refractivity contribution < 1.29 is 4.79 Å². The van der Waals surface area contributed by atoms with Gasteiger partial charge >= 0.3 is 0 Å². The summed E-state index contributed by atoms with van der Waals surface area (Å²) in [6.45, 7) is 0. The highest BCUT2D eigenvalue weighted by Gasteiger charge is 2.07. The van der Waals surface area contributed by atoms with Crippen LogP contribution in [0, 0.1) is 11.3 Å². The standard InChI is InChI=1S/C14H11NOS2/c15-8-11-4-1-2-5-12(11)9-17-10-13(16)14-6-3-7-18-14/h1-7H,9-10H2. The molecular weight excluding hydrogens is 262 g/mol. The van der Waals surface area contributed by atoms with Gasteiger partial charge in [0, 0.05) is 5.75 Å². The molecule has 0 aliphatic rings. The van der Waals surface area contributed by atoms with Crippen LogP contribution in [-0.4, -0.2) is 11.5 Å². The van der Waals surface area contributed by atoms with E-state index in [4.69, 9.17) is 5.26 Å². The molecule has 0 fully saturated rings. The van der Waals surface area contributed by atoms with Crippen LogP contribution in [0.5, 0.6) is 0 Å². The van der Waals surface area contributed by atoms with Crippen molar-refractivity contribution in [1.29, 1.82) is 5.26 Å². The molecular formula is C14H11NOS2. The molecule has 90 valence electrons. The maximum atomic E-state index is 11.8. The highest BCUT2D eigenvalue weighted by atomic mass is 32.2. The molecule has 2 rings (SSSR count). The van der Waals surface area contributed by atoms with Gasteiger partial charge in [0.15, 0.2) is 5.78 Å². The molecule has 0 bridgehead atoms. The summed E-state index contributed by atoms with van der Waals surface area (Å²) in [6.07, 6.45) is 0. The lowest BCUT2D eigenvalue weighted by molar-refractivity contribution is 0.102. The number of hydrogen-bond donors (Lipinski definition) is 0. The van der Waals surface area contributed by atoms with Crippen molar-refractivity contribution in [2.75, 3.05) is 5.75 Å². The zero-order valence-corrected chi connectivity index (χ0v) is 11.3. The third-order valence-electron chi connectivity index (χ3n) is 2.42. The molecule has 0 saturated heterocycles. The Bertz CT molecular complexity index is 570. The van der Waals surface area contributed by atoms with Gasteiger partial charge in [-0.2, -0.15) is 5.26 Å². The average molecular weight is 273 g/mol. The number of nitriles is 1. The molecule has 0 atom stereocenters. The van der Waals surface area contributed by atoms with E-state index in [1.54, 1.807) is 17.8 Å². The smallest absolute Gasteiger partial charge is 0.182 e. The molecule has 0 N–H and O–H groups in total. The van der Waals surface area contributed by atoms with E-state index in [-0.39, 0.29) is 5.78 Å². The Hall–Kier alpha value is -1.57. The van der Waals surface area contributed by atoms with Gasteiger partial charge in [0.25, 0.3) is 0 Å². The van der Waals surface area contributed by atoms with Crippen molar-refractivity contribution in [1.82, 2.24) is 0 Å².